The Labute approximate surface area is 126 Å². The van der Waals surface area contributed by atoms with E-state index in [9.17, 15) is 10.1 Å². The molecule has 112 valence electrons. The number of nitrogens with zero attached hydrogens (tertiary/aromatic N) is 4. The van der Waals surface area contributed by atoms with Gasteiger partial charge in [-0.25, -0.2) is 9.97 Å². The van der Waals surface area contributed by atoms with Gasteiger partial charge in [0, 0.05) is 36.5 Å². The number of rotatable bonds is 5. The van der Waals surface area contributed by atoms with Crippen molar-refractivity contribution in [3.05, 3.63) is 64.6 Å². The Balaban J connectivity index is 1.80. The first-order valence-electron chi connectivity index (χ1n) is 6.86. The van der Waals surface area contributed by atoms with Crippen molar-refractivity contribution in [3.63, 3.8) is 0 Å². The smallest absolute Gasteiger partial charge is 0.269 e. The maximum absolute atomic E-state index is 10.6. The van der Waals surface area contributed by atoms with Gasteiger partial charge in [-0.2, -0.15) is 0 Å². The largest absolute Gasteiger partial charge is 0.444 e. The Morgan fingerprint density at radius 1 is 1.32 bits per heavy atom. The molecular formula is C15H14N4O3. The molecule has 0 amide bonds. The molecule has 0 atom stereocenters. The van der Waals surface area contributed by atoms with Gasteiger partial charge in [0.2, 0.25) is 5.89 Å². The molecule has 22 heavy (non-hydrogen) atoms. The van der Waals surface area contributed by atoms with Crippen molar-refractivity contribution in [1.82, 2.24) is 14.5 Å². The second-order valence-electron chi connectivity index (χ2n) is 4.77. The molecule has 7 heteroatoms. The molecule has 2 heterocycles. The number of benzene rings is 1. The van der Waals surface area contributed by atoms with Crippen LogP contribution >= 0.6 is 0 Å². The van der Waals surface area contributed by atoms with Crippen LogP contribution in [-0.4, -0.2) is 19.5 Å². The predicted octanol–water partition coefficient (Wildman–Crippen LogP) is 3.06. The lowest BCUT2D eigenvalue weighted by Crippen LogP contribution is -2.03. The highest BCUT2D eigenvalue weighted by Crippen LogP contribution is 2.22. The first-order chi connectivity index (χ1) is 10.7. The Kier molecular flexibility index (Phi) is 3.69. The van der Waals surface area contributed by atoms with Crippen LogP contribution in [0.25, 0.3) is 11.5 Å². The van der Waals surface area contributed by atoms with Crippen molar-refractivity contribution in [2.75, 3.05) is 0 Å². The fourth-order valence-corrected chi connectivity index (χ4v) is 2.21. The van der Waals surface area contributed by atoms with Crippen LogP contribution in [0.3, 0.4) is 0 Å². The molecule has 0 N–H and O–H groups in total. The minimum absolute atomic E-state index is 0.0431. The van der Waals surface area contributed by atoms with E-state index in [4.69, 9.17) is 4.42 Å². The summed E-state index contributed by atoms with van der Waals surface area (Å²) in [4.78, 5) is 18.9. The van der Waals surface area contributed by atoms with Gasteiger partial charge in [-0.05, 0) is 12.1 Å². The summed E-state index contributed by atoms with van der Waals surface area (Å²) in [5.74, 6) is 1.43. The highest BCUT2D eigenvalue weighted by atomic mass is 16.6. The van der Waals surface area contributed by atoms with Gasteiger partial charge in [0.15, 0.2) is 0 Å². The lowest BCUT2D eigenvalue weighted by atomic mass is 10.2. The Morgan fingerprint density at radius 2 is 2.09 bits per heavy atom. The number of hydrogen-bond donors (Lipinski definition) is 0. The third kappa shape index (κ3) is 2.73. The van der Waals surface area contributed by atoms with Crippen LogP contribution in [-0.2, 0) is 13.0 Å². The van der Waals surface area contributed by atoms with Gasteiger partial charge >= 0.3 is 0 Å². The highest BCUT2D eigenvalue weighted by Gasteiger charge is 2.11. The average molecular weight is 298 g/mol. The van der Waals surface area contributed by atoms with E-state index >= 15 is 0 Å². The van der Waals surface area contributed by atoms with Crippen molar-refractivity contribution >= 4 is 5.69 Å². The van der Waals surface area contributed by atoms with Crippen molar-refractivity contribution in [3.8, 4) is 11.5 Å². The summed E-state index contributed by atoms with van der Waals surface area (Å²) in [5.41, 5.74) is 1.53. The number of imidazole rings is 1. The summed E-state index contributed by atoms with van der Waals surface area (Å²) in [6, 6.07) is 6.12. The zero-order chi connectivity index (χ0) is 15.5. The molecule has 0 fully saturated rings. The molecule has 0 saturated carbocycles. The molecule has 0 aliphatic carbocycles. The van der Waals surface area contributed by atoms with Crippen LogP contribution in [0.5, 0.6) is 0 Å². The van der Waals surface area contributed by atoms with Crippen molar-refractivity contribution < 1.29 is 9.34 Å². The molecular weight excluding hydrogens is 284 g/mol. The molecule has 7 nitrogen and oxygen atoms in total. The second kappa shape index (κ2) is 5.80. The maximum Gasteiger partial charge on any atom is 0.269 e. The standard InChI is InChI=1S/C15H14N4O3/c1-2-14-16-7-8-18(14)9-12-10-22-15(17-12)11-3-5-13(6-4-11)19(20)21/h3-8,10H,2,9H2,1H3. The van der Waals surface area contributed by atoms with Crippen LogP contribution in [0.2, 0.25) is 0 Å². The van der Waals surface area contributed by atoms with Gasteiger partial charge in [-0.3, -0.25) is 10.1 Å². The molecule has 0 radical (unpaired) electrons. The normalized spacial score (nSPS) is 10.8. The SMILES string of the molecule is CCc1nccn1Cc1coc(-c2ccc([N+](=O)[O-])cc2)n1. The van der Waals surface area contributed by atoms with Crippen LogP contribution in [0.4, 0.5) is 5.69 Å². The number of non-ortho nitro benzene ring substituents is 1. The fourth-order valence-electron chi connectivity index (χ4n) is 2.21. The van der Waals surface area contributed by atoms with Gasteiger partial charge in [0.1, 0.15) is 12.1 Å². The molecule has 0 bridgehead atoms. The van der Waals surface area contributed by atoms with E-state index in [0.29, 0.717) is 18.0 Å². The van der Waals surface area contributed by atoms with Gasteiger partial charge in [0.25, 0.3) is 5.69 Å². The van der Waals surface area contributed by atoms with Gasteiger partial charge in [0.05, 0.1) is 17.2 Å². The van der Waals surface area contributed by atoms with E-state index in [2.05, 4.69) is 9.97 Å². The summed E-state index contributed by atoms with van der Waals surface area (Å²) in [5, 5.41) is 10.6. The molecule has 0 saturated heterocycles. The topological polar surface area (TPSA) is 87.0 Å². The lowest BCUT2D eigenvalue weighted by molar-refractivity contribution is -0.384. The molecule has 2 aromatic heterocycles. The van der Waals surface area contributed by atoms with E-state index in [1.165, 1.54) is 12.1 Å². The van der Waals surface area contributed by atoms with Gasteiger partial charge < -0.3 is 8.98 Å². The number of hydrogen-bond acceptors (Lipinski definition) is 5. The van der Waals surface area contributed by atoms with Crippen LogP contribution in [0, 0.1) is 10.1 Å². The van der Waals surface area contributed by atoms with E-state index in [1.807, 2.05) is 17.7 Å². The van der Waals surface area contributed by atoms with Gasteiger partial charge in [-0.1, -0.05) is 6.92 Å². The first kappa shape index (κ1) is 14.0. The molecule has 0 spiro atoms. The van der Waals surface area contributed by atoms with Gasteiger partial charge in [-0.15, -0.1) is 0 Å². The molecule has 0 aliphatic rings. The minimum Gasteiger partial charge on any atom is -0.444 e. The van der Waals surface area contributed by atoms with Crippen LogP contribution in [0.15, 0.2) is 47.3 Å². The van der Waals surface area contributed by atoms with E-state index in [-0.39, 0.29) is 5.69 Å². The summed E-state index contributed by atoms with van der Waals surface area (Å²) in [6.45, 7) is 2.63. The van der Waals surface area contributed by atoms with E-state index in [1.54, 1.807) is 24.6 Å². The van der Waals surface area contributed by atoms with E-state index < -0.39 is 4.92 Å². The van der Waals surface area contributed by atoms with Crippen LogP contribution < -0.4 is 0 Å². The molecule has 0 aliphatic heterocycles. The Bertz CT molecular complexity index is 789. The minimum atomic E-state index is -0.434. The summed E-state index contributed by atoms with van der Waals surface area (Å²) >= 11 is 0. The third-order valence-electron chi connectivity index (χ3n) is 3.33. The monoisotopic (exact) mass is 298 g/mol. The summed E-state index contributed by atoms with van der Waals surface area (Å²) < 4.78 is 7.47. The molecule has 0 unspecified atom stereocenters. The quantitative estimate of drug-likeness (QED) is 0.533. The maximum atomic E-state index is 10.6. The second-order valence-corrected chi connectivity index (χ2v) is 4.77. The first-order valence-corrected chi connectivity index (χ1v) is 6.86. The molecule has 1 aromatic carbocycles. The van der Waals surface area contributed by atoms with Crippen molar-refractivity contribution in [2.45, 2.75) is 19.9 Å². The van der Waals surface area contributed by atoms with E-state index in [0.717, 1.165) is 17.9 Å². The molecule has 3 rings (SSSR count). The Hall–Kier alpha value is -2.96. The number of oxazole rings is 1. The summed E-state index contributed by atoms with van der Waals surface area (Å²) in [6.07, 6.45) is 6.10. The fraction of sp³-hybridized carbons (Fsp3) is 0.200. The summed E-state index contributed by atoms with van der Waals surface area (Å²) in [7, 11) is 0. The lowest BCUT2D eigenvalue weighted by Gasteiger charge is -2.02. The zero-order valence-corrected chi connectivity index (χ0v) is 12.0. The molecule has 3 aromatic rings. The van der Waals surface area contributed by atoms with Crippen LogP contribution in [0.1, 0.15) is 18.4 Å². The number of nitro benzene ring substituents is 1. The average Bonchev–Trinajstić information content (AvgIpc) is 3.17. The third-order valence-corrected chi connectivity index (χ3v) is 3.33. The number of nitro groups is 1. The zero-order valence-electron chi connectivity index (χ0n) is 12.0. The van der Waals surface area contributed by atoms with Crippen molar-refractivity contribution in [2.24, 2.45) is 0 Å². The number of aryl methyl sites for hydroxylation is 1. The Morgan fingerprint density at radius 3 is 2.77 bits per heavy atom. The van der Waals surface area contributed by atoms with Crippen molar-refractivity contribution in [1.29, 1.82) is 0 Å². The number of aromatic nitrogens is 3. The highest BCUT2D eigenvalue weighted by molar-refractivity contribution is 5.55. The predicted molar refractivity (Wildman–Crippen MR) is 79.3 cm³/mol.